The Hall–Kier alpha value is -3.64. The molecule has 34 heavy (non-hydrogen) atoms. The molecular formula is C21H20F5N7O. The van der Waals surface area contributed by atoms with Crippen molar-refractivity contribution in [2.75, 3.05) is 18.4 Å². The quantitative estimate of drug-likeness (QED) is 0.559. The van der Waals surface area contributed by atoms with Gasteiger partial charge < -0.3 is 10.2 Å². The summed E-state index contributed by atoms with van der Waals surface area (Å²) in [6, 6.07) is 1.27. The molecule has 2 atom stereocenters. The number of piperidine rings is 1. The van der Waals surface area contributed by atoms with Crippen molar-refractivity contribution >= 4 is 11.9 Å². The van der Waals surface area contributed by atoms with Crippen molar-refractivity contribution in [3.8, 4) is 5.69 Å². The molecule has 13 heteroatoms. The smallest absolute Gasteiger partial charge is 0.352 e. The number of amides is 1. The Bertz CT molecular complexity index is 1150. The maximum absolute atomic E-state index is 14.1. The van der Waals surface area contributed by atoms with Crippen LogP contribution < -0.4 is 5.32 Å². The lowest BCUT2D eigenvalue weighted by atomic mass is 9.90. The van der Waals surface area contributed by atoms with Crippen LogP contribution in [0.3, 0.4) is 0 Å². The molecule has 1 N–H and O–H groups in total. The summed E-state index contributed by atoms with van der Waals surface area (Å²) < 4.78 is 66.2. The van der Waals surface area contributed by atoms with Crippen molar-refractivity contribution in [2.45, 2.75) is 32.0 Å². The summed E-state index contributed by atoms with van der Waals surface area (Å²) in [4.78, 5) is 23.4. The van der Waals surface area contributed by atoms with E-state index in [1.165, 1.54) is 17.3 Å². The largest absolute Gasteiger partial charge is 0.419 e. The number of aromatic nitrogens is 5. The van der Waals surface area contributed by atoms with Crippen LogP contribution in [0.25, 0.3) is 5.69 Å². The highest BCUT2D eigenvalue weighted by Crippen LogP contribution is 2.29. The topological polar surface area (TPSA) is 88.8 Å². The molecule has 0 radical (unpaired) electrons. The van der Waals surface area contributed by atoms with Crippen molar-refractivity contribution in [1.82, 2.24) is 29.9 Å². The SMILES string of the molecule is CC1CCCN(C(=O)c2cc(F)c(F)cc2-n2nccn2)[C@@H]1CNc1ncc(C(F)(F)F)cn1. The van der Waals surface area contributed by atoms with E-state index in [0.717, 1.165) is 23.4 Å². The average Bonchev–Trinajstić information content (AvgIpc) is 3.34. The number of alkyl halides is 3. The molecule has 1 amide bonds. The Labute approximate surface area is 190 Å². The third kappa shape index (κ3) is 4.82. The Morgan fingerprint density at radius 3 is 2.41 bits per heavy atom. The van der Waals surface area contributed by atoms with Gasteiger partial charge in [0.1, 0.15) is 5.69 Å². The minimum absolute atomic E-state index is 0.00934. The van der Waals surface area contributed by atoms with Crippen LogP contribution in [-0.4, -0.2) is 54.9 Å². The number of nitrogens with zero attached hydrogens (tertiary/aromatic N) is 6. The van der Waals surface area contributed by atoms with E-state index in [-0.39, 0.29) is 29.7 Å². The summed E-state index contributed by atoms with van der Waals surface area (Å²) >= 11 is 0. The number of carbonyl (C=O) groups excluding carboxylic acids is 1. The lowest BCUT2D eigenvalue weighted by molar-refractivity contribution is -0.138. The predicted octanol–water partition coefficient (Wildman–Crippen LogP) is 3.71. The zero-order valence-corrected chi connectivity index (χ0v) is 17.9. The number of anilines is 1. The van der Waals surface area contributed by atoms with Crippen molar-refractivity contribution in [2.24, 2.45) is 5.92 Å². The molecule has 1 saturated heterocycles. The number of nitrogens with one attached hydrogen (secondary N) is 1. The van der Waals surface area contributed by atoms with Gasteiger partial charge in [-0.25, -0.2) is 18.7 Å². The first-order valence-corrected chi connectivity index (χ1v) is 10.4. The van der Waals surface area contributed by atoms with E-state index in [1.54, 1.807) is 0 Å². The zero-order valence-electron chi connectivity index (χ0n) is 17.9. The fourth-order valence-corrected chi connectivity index (χ4v) is 3.94. The van der Waals surface area contributed by atoms with E-state index in [1.807, 2.05) is 6.92 Å². The van der Waals surface area contributed by atoms with Gasteiger partial charge in [-0.15, -0.1) is 0 Å². The maximum Gasteiger partial charge on any atom is 0.419 e. The molecule has 1 fully saturated rings. The summed E-state index contributed by atoms with van der Waals surface area (Å²) in [5, 5.41) is 10.7. The number of hydrogen-bond donors (Lipinski definition) is 1. The van der Waals surface area contributed by atoms with Crippen molar-refractivity contribution in [3.05, 3.63) is 59.7 Å². The maximum atomic E-state index is 14.1. The van der Waals surface area contributed by atoms with Gasteiger partial charge in [0.25, 0.3) is 5.91 Å². The minimum Gasteiger partial charge on any atom is -0.352 e. The van der Waals surface area contributed by atoms with Gasteiger partial charge in [0.2, 0.25) is 5.95 Å². The van der Waals surface area contributed by atoms with Gasteiger partial charge in [-0.1, -0.05) is 6.92 Å². The first kappa shape index (κ1) is 23.5. The van der Waals surface area contributed by atoms with E-state index < -0.39 is 35.3 Å². The predicted molar refractivity (Wildman–Crippen MR) is 110 cm³/mol. The summed E-state index contributed by atoms with van der Waals surface area (Å²) in [5.41, 5.74) is -1.09. The van der Waals surface area contributed by atoms with Crippen LogP contribution in [0.15, 0.2) is 36.9 Å². The van der Waals surface area contributed by atoms with E-state index in [2.05, 4.69) is 25.5 Å². The molecule has 0 saturated carbocycles. The summed E-state index contributed by atoms with van der Waals surface area (Å²) in [6.45, 7) is 2.44. The standard InChI is InChI=1S/C21H20F5N7O/c1-12-3-2-6-32(18(12)11-29-20-27-9-13(10-28-20)21(24,25)26)19(34)14-7-15(22)16(23)8-17(14)33-30-4-5-31-33/h4-5,7-10,12,18H,2-3,6,11H2,1H3,(H,27,28,29)/t12?,18-/m1/s1. The second-order valence-electron chi connectivity index (χ2n) is 7.96. The first-order valence-electron chi connectivity index (χ1n) is 10.4. The van der Waals surface area contributed by atoms with E-state index in [4.69, 9.17) is 0 Å². The van der Waals surface area contributed by atoms with Crippen LogP contribution in [0.4, 0.5) is 27.9 Å². The molecule has 3 aromatic rings. The summed E-state index contributed by atoms with van der Waals surface area (Å²) in [7, 11) is 0. The highest BCUT2D eigenvalue weighted by molar-refractivity contribution is 5.98. The van der Waals surface area contributed by atoms with Crippen LogP contribution in [0.1, 0.15) is 35.7 Å². The Balaban J connectivity index is 1.58. The highest BCUT2D eigenvalue weighted by atomic mass is 19.4. The van der Waals surface area contributed by atoms with Crippen LogP contribution in [0.2, 0.25) is 0 Å². The number of halogens is 5. The molecule has 180 valence electrons. The van der Waals surface area contributed by atoms with Crippen molar-refractivity contribution in [3.63, 3.8) is 0 Å². The van der Waals surface area contributed by atoms with E-state index in [9.17, 15) is 26.7 Å². The van der Waals surface area contributed by atoms with E-state index >= 15 is 0 Å². The van der Waals surface area contributed by atoms with Crippen LogP contribution in [0, 0.1) is 17.6 Å². The molecule has 1 aliphatic rings. The molecule has 1 aromatic carbocycles. The van der Waals surface area contributed by atoms with Gasteiger partial charge in [-0.2, -0.15) is 28.2 Å². The zero-order chi connectivity index (χ0) is 24.5. The molecule has 8 nitrogen and oxygen atoms in total. The summed E-state index contributed by atoms with van der Waals surface area (Å²) in [5.74, 6) is -2.88. The second-order valence-corrected chi connectivity index (χ2v) is 7.96. The number of hydrogen-bond acceptors (Lipinski definition) is 6. The third-order valence-electron chi connectivity index (χ3n) is 5.73. The lowest BCUT2D eigenvalue weighted by Crippen LogP contribution is -2.51. The van der Waals surface area contributed by atoms with Crippen LogP contribution >= 0.6 is 0 Å². The fraction of sp³-hybridized carbons (Fsp3) is 0.381. The molecule has 2 aromatic heterocycles. The Morgan fingerprint density at radius 2 is 1.76 bits per heavy atom. The average molecular weight is 481 g/mol. The van der Waals surface area contributed by atoms with Gasteiger partial charge in [0.15, 0.2) is 11.6 Å². The minimum atomic E-state index is -4.55. The lowest BCUT2D eigenvalue weighted by Gasteiger charge is -2.40. The number of benzene rings is 1. The second kappa shape index (κ2) is 9.31. The molecular weight excluding hydrogens is 461 g/mol. The monoisotopic (exact) mass is 481 g/mol. The fourth-order valence-electron chi connectivity index (χ4n) is 3.94. The first-order chi connectivity index (χ1) is 16.1. The van der Waals surface area contributed by atoms with Crippen molar-refractivity contribution < 1.29 is 26.7 Å². The molecule has 0 aliphatic carbocycles. The molecule has 0 spiro atoms. The summed E-state index contributed by atoms with van der Waals surface area (Å²) in [6.07, 6.45) is 0.977. The number of likely N-dealkylation sites (tertiary alicyclic amines) is 1. The van der Waals surface area contributed by atoms with Gasteiger partial charge in [0.05, 0.1) is 29.6 Å². The van der Waals surface area contributed by atoms with Gasteiger partial charge in [-0.3, -0.25) is 4.79 Å². The Kier molecular flexibility index (Phi) is 6.44. The normalized spacial score (nSPS) is 18.7. The molecule has 3 heterocycles. The molecule has 0 bridgehead atoms. The molecule has 4 rings (SSSR count). The molecule has 1 unspecified atom stereocenters. The molecule has 1 aliphatic heterocycles. The van der Waals surface area contributed by atoms with Gasteiger partial charge >= 0.3 is 6.18 Å². The van der Waals surface area contributed by atoms with Crippen LogP contribution in [-0.2, 0) is 6.18 Å². The van der Waals surface area contributed by atoms with Gasteiger partial charge in [0, 0.05) is 31.5 Å². The Morgan fingerprint density at radius 1 is 1.12 bits per heavy atom. The van der Waals surface area contributed by atoms with Crippen LogP contribution in [0.5, 0.6) is 0 Å². The number of carbonyl (C=O) groups is 1. The third-order valence-corrected chi connectivity index (χ3v) is 5.73. The van der Waals surface area contributed by atoms with Gasteiger partial charge in [-0.05, 0) is 24.8 Å². The van der Waals surface area contributed by atoms with Crippen molar-refractivity contribution in [1.29, 1.82) is 0 Å². The number of rotatable bonds is 5. The highest BCUT2D eigenvalue weighted by Gasteiger charge is 2.35. The van der Waals surface area contributed by atoms with E-state index in [0.29, 0.717) is 25.4 Å².